The summed E-state index contributed by atoms with van der Waals surface area (Å²) >= 11 is 3.25. The second-order valence-corrected chi connectivity index (χ2v) is 12.0. The summed E-state index contributed by atoms with van der Waals surface area (Å²) in [5.41, 5.74) is -0.444. The molecule has 1 rings (SSSR count). The van der Waals surface area contributed by atoms with Crippen molar-refractivity contribution < 1.29 is 27.5 Å². The third-order valence-corrected chi connectivity index (χ3v) is 6.40. The van der Waals surface area contributed by atoms with E-state index in [1.54, 1.807) is 45.0 Å². The molecule has 0 radical (unpaired) electrons. The number of hydrogen-bond donors (Lipinski definition) is 2. The van der Waals surface area contributed by atoms with Crippen molar-refractivity contribution in [1.82, 2.24) is 14.3 Å². The third-order valence-electron chi connectivity index (χ3n) is 4.40. The number of halogens is 1. The maximum atomic E-state index is 13.0. The van der Waals surface area contributed by atoms with Crippen molar-refractivity contribution in [2.24, 2.45) is 5.41 Å². The quantitative estimate of drug-likeness (QED) is 0.423. The molecule has 0 aliphatic carbocycles. The van der Waals surface area contributed by atoms with Crippen molar-refractivity contribution >= 4 is 38.3 Å². The van der Waals surface area contributed by atoms with E-state index in [1.165, 1.54) is 0 Å². The lowest BCUT2D eigenvalue weighted by Gasteiger charge is -2.33. The van der Waals surface area contributed by atoms with Crippen LogP contribution in [0.2, 0.25) is 0 Å². The van der Waals surface area contributed by atoms with Gasteiger partial charge in [-0.25, -0.2) is 9.59 Å². The Bertz CT molecular complexity index is 866. The van der Waals surface area contributed by atoms with Gasteiger partial charge in [0.2, 0.25) is 0 Å². The predicted octanol–water partition coefficient (Wildman–Crippen LogP) is 4.18. The van der Waals surface area contributed by atoms with E-state index in [2.05, 4.69) is 26.0 Å². The predicted molar refractivity (Wildman–Crippen MR) is 131 cm³/mol. The highest BCUT2D eigenvalue weighted by Gasteiger charge is 2.33. The lowest BCUT2D eigenvalue weighted by molar-refractivity contribution is 0.0465. The van der Waals surface area contributed by atoms with Gasteiger partial charge in [0.05, 0.1) is 6.04 Å². The Morgan fingerprint density at radius 2 is 1.70 bits per heavy atom. The Morgan fingerprint density at radius 3 is 2.21 bits per heavy atom. The first-order valence-electron chi connectivity index (χ1n) is 10.7. The Balaban J connectivity index is 2.90. The number of ether oxygens (including phenoxy) is 2. The fourth-order valence-corrected chi connectivity index (χ4v) is 4.00. The largest absolute Gasteiger partial charge is 0.444 e. The summed E-state index contributed by atoms with van der Waals surface area (Å²) in [5, 5.41) is 3.22. The van der Waals surface area contributed by atoms with E-state index >= 15 is 0 Å². The van der Waals surface area contributed by atoms with Gasteiger partial charge >= 0.3 is 22.4 Å². The first-order valence-corrected chi connectivity index (χ1v) is 13.3. The fourth-order valence-electron chi connectivity index (χ4n) is 2.59. The number of carbonyl (C=O) groups excluding carboxylic acids is 2. The Kier molecular flexibility index (Phi) is 11.1. The Labute approximate surface area is 205 Å². The molecule has 0 saturated carbocycles. The third kappa shape index (κ3) is 11.2. The zero-order chi connectivity index (χ0) is 25.3. The summed E-state index contributed by atoms with van der Waals surface area (Å²) in [4.78, 5) is 24.9. The molecular formula is C22H36BrN3O6S. The smallest absolute Gasteiger partial charge is 0.424 e. The van der Waals surface area contributed by atoms with Gasteiger partial charge in [0.15, 0.2) is 0 Å². The van der Waals surface area contributed by atoms with Crippen LogP contribution < -0.4 is 10.0 Å². The van der Waals surface area contributed by atoms with Gasteiger partial charge in [-0.15, -0.1) is 0 Å². The zero-order valence-electron chi connectivity index (χ0n) is 20.2. The first-order chi connectivity index (χ1) is 15.2. The van der Waals surface area contributed by atoms with Crippen LogP contribution >= 0.6 is 15.9 Å². The van der Waals surface area contributed by atoms with Gasteiger partial charge in [0.1, 0.15) is 12.2 Å². The average Bonchev–Trinajstić information content (AvgIpc) is 2.68. The zero-order valence-corrected chi connectivity index (χ0v) is 22.6. The van der Waals surface area contributed by atoms with E-state index in [9.17, 15) is 18.0 Å². The van der Waals surface area contributed by atoms with E-state index in [1.807, 2.05) is 26.8 Å². The molecule has 9 nitrogen and oxygen atoms in total. The summed E-state index contributed by atoms with van der Waals surface area (Å²) < 4.78 is 39.6. The monoisotopic (exact) mass is 549 g/mol. The molecule has 0 saturated heterocycles. The molecule has 0 unspecified atom stereocenters. The number of carbonyl (C=O) groups is 2. The molecule has 0 aromatic heterocycles. The van der Waals surface area contributed by atoms with Crippen LogP contribution in [0, 0.1) is 5.41 Å². The standard InChI is InChI=1S/C22H36BrN3O6S/c1-21(2,3)18(25-19(27)32-22(4,5)6)15-24-33(29,30)26(14-10-13-23)20(28)31-16-17-11-8-7-9-12-17/h7-9,11-12,18,24H,10,13-16H2,1-6H3,(H,25,27)/t18-/m0/s1. The fraction of sp³-hybridized carbons (Fsp3) is 0.636. The summed E-state index contributed by atoms with van der Waals surface area (Å²) in [7, 11) is -4.23. The van der Waals surface area contributed by atoms with Crippen LogP contribution in [-0.2, 0) is 26.3 Å². The van der Waals surface area contributed by atoms with E-state index in [0.717, 1.165) is 5.56 Å². The molecule has 1 atom stereocenters. The highest BCUT2D eigenvalue weighted by molar-refractivity contribution is 9.09. The molecule has 0 fully saturated rings. The van der Waals surface area contributed by atoms with Crippen LogP contribution in [0.5, 0.6) is 0 Å². The van der Waals surface area contributed by atoms with Gasteiger partial charge < -0.3 is 14.8 Å². The van der Waals surface area contributed by atoms with E-state index in [-0.39, 0.29) is 19.7 Å². The van der Waals surface area contributed by atoms with Crippen molar-refractivity contribution in [2.45, 2.75) is 66.2 Å². The van der Waals surface area contributed by atoms with E-state index in [4.69, 9.17) is 9.47 Å². The SMILES string of the molecule is CC(C)(C)OC(=O)N[C@@H](CNS(=O)(=O)N(CCCBr)C(=O)OCc1ccccc1)C(C)(C)C. The molecule has 0 aliphatic rings. The lowest BCUT2D eigenvalue weighted by atomic mass is 9.87. The molecule has 0 heterocycles. The number of nitrogens with zero attached hydrogens (tertiary/aromatic N) is 1. The van der Waals surface area contributed by atoms with Gasteiger partial charge in [-0.05, 0) is 38.2 Å². The maximum Gasteiger partial charge on any atom is 0.424 e. The van der Waals surface area contributed by atoms with Crippen molar-refractivity contribution in [1.29, 1.82) is 0 Å². The normalized spacial score (nSPS) is 13.2. The van der Waals surface area contributed by atoms with Gasteiger partial charge in [-0.3, -0.25) is 0 Å². The van der Waals surface area contributed by atoms with Gasteiger partial charge in [0.25, 0.3) is 0 Å². The van der Waals surface area contributed by atoms with Crippen molar-refractivity contribution in [3.8, 4) is 0 Å². The number of hydrogen-bond acceptors (Lipinski definition) is 6. The molecule has 1 aromatic carbocycles. The highest BCUT2D eigenvalue weighted by atomic mass is 79.9. The molecule has 33 heavy (non-hydrogen) atoms. The summed E-state index contributed by atoms with van der Waals surface area (Å²) in [6.07, 6.45) is -1.22. The molecule has 0 spiro atoms. The lowest BCUT2D eigenvalue weighted by Crippen LogP contribution is -2.54. The maximum absolute atomic E-state index is 13.0. The van der Waals surface area contributed by atoms with Gasteiger partial charge in [-0.1, -0.05) is 67.0 Å². The van der Waals surface area contributed by atoms with Crippen LogP contribution in [0.3, 0.4) is 0 Å². The van der Waals surface area contributed by atoms with Crippen LogP contribution in [-0.4, -0.2) is 55.0 Å². The Morgan fingerprint density at radius 1 is 1.09 bits per heavy atom. The van der Waals surface area contributed by atoms with Gasteiger partial charge in [-0.2, -0.15) is 17.4 Å². The number of rotatable bonds is 10. The molecule has 2 amide bonds. The van der Waals surface area contributed by atoms with Crippen LogP contribution in [0.15, 0.2) is 30.3 Å². The summed E-state index contributed by atoms with van der Waals surface area (Å²) in [6.45, 7) is 10.6. The summed E-state index contributed by atoms with van der Waals surface area (Å²) in [5.74, 6) is 0. The summed E-state index contributed by atoms with van der Waals surface area (Å²) in [6, 6.07) is 8.39. The number of nitrogens with one attached hydrogen (secondary N) is 2. The van der Waals surface area contributed by atoms with Crippen molar-refractivity contribution in [3.05, 3.63) is 35.9 Å². The highest BCUT2D eigenvalue weighted by Crippen LogP contribution is 2.20. The minimum atomic E-state index is -4.23. The molecule has 1 aromatic rings. The topological polar surface area (TPSA) is 114 Å². The molecule has 0 bridgehead atoms. The van der Waals surface area contributed by atoms with E-state index in [0.29, 0.717) is 16.1 Å². The van der Waals surface area contributed by atoms with Crippen LogP contribution in [0.4, 0.5) is 9.59 Å². The van der Waals surface area contributed by atoms with Crippen molar-refractivity contribution in [2.75, 3.05) is 18.4 Å². The number of benzene rings is 1. The average molecular weight is 551 g/mol. The molecule has 188 valence electrons. The van der Waals surface area contributed by atoms with Crippen LogP contribution in [0.25, 0.3) is 0 Å². The molecule has 2 N–H and O–H groups in total. The minimum Gasteiger partial charge on any atom is -0.444 e. The molecule has 11 heteroatoms. The van der Waals surface area contributed by atoms with E-state index < -0.39 is 39.5 Å². The Hall–Kier alpha value is -1.85. The number of amides is 2. The second kappa shape index (κ2) is 12.6. The van der Waals surface area contributed by atoms with Crippen molar-refractivity contribution in [3.63, 3.8) is 0 Å². The number of alkyl carbamates (subject to hydrolysis) is 1. The first kappa shape index (κ1) is 29.2. The van der Waals surface area contributed by atoms with Gasteiger partial charge in [0, 0.05) is 18.4 Å². The second-order valence-electron chi connectivity index (χ2n) is 9.57. The van der Waals surface area contributed by atoms with Crippen LogP contribution in [0.1, 0.15) is 53.5 Å². The molecule has 0 aliphatic heterocycles. The number of alkyl halides is 1. The minimum absolute atomic E-state index is 0.0508. The molecular weight excluding hydrogens is 514 g/mol.